The van der Waals surface area contributed by atoms with E-state index >= 15 is 0 Å². The van der Waals surface area contributed by atoms with Gasteiger partial charge in [0.05, 0.1) is 23.8 Å². The summed E-state index contributed by atoms with van der Waals surface area (Å²) < 4.78 is 5.64. The Morgan fingerprint density at radius 1 is 1.36 bits per heavy atom. The fourth-order valence-electron chi connectivity index (χ4n) is 1.92. The highest BCUT2D eigenvalue weighted by molar-refractivity contribution is 7.07. The highest BCUT2D eigenvalue weighted by atomic mass is 32.1. The molecule has 0 aliphatic heterocycles. The molecular formula is C17H22N4O3S. The number of anilines is 1. The Morgan fingerprint density at radius 2 is 2.16 bits per heavy atom. The lowest BCUT2D eigenvalue weighted by atomic mass is 10.1. The first kappa shape index (κ1) is 18.9. The minimum absolute atomic E-state index is 0.00890. The molecule has 0 unspecified atom stereocenters. The molecular weight excluding hydrogens is 340 g/mol. The van der Waals surface area contributed by atoms with Gasteiger partial charge >= 0.3 is 0 Å². The lowest BCUT2D eigenvalue weighted by Crippen LogP contribution is -2.46. The lowest BCUT2D eigenvalue weighted by Gasteiger charge is -2.15. The number of carbonyl (C=O) groups excluding carboxylic acids is 2. The van der Waals surface area contributed by atoms with Crippen molar-refractivity contribution in [2.45, 2.75) is 26.5 Å². The minimum Gasteiger partial charge on any atom is -0.487 e. The molecule has 1 heterocycles. The molecule has 0 saturated carbocycles. The first-order chi connectivity index (χ1) is 12.0. The van der Waals surface area contributed by atoms with E-state index < -0.39 is 6.04 Å². The number of nitrogens with zero attached hydrogens (tertiary/aromatic N) is 1. The Morgan fingerprint density at radius 3 is 2.84 bits per heavy atom. The summed E-state index contributed by atoms with van der Waals surface area (Å²) in [6, 6.07) is 6.40. The van der Waals surface area contributed by atoms with Crippen molar-refractivity contribution in [1.29, 1.82) is 0 Å². The predicted octanol–water partition coefficient (Wildman–Crippen LogP) is 1.76. The number of rotatable bonds is 8. The van der Waals surface area contributed by atoms with Crippen LogP contribution in [-0.2, 0) is 16.2 Å². The zero-order valence-electron chi connectivity index (χ0n) is 14.2. The van der Waals surface area contributed by atoms with Crippen LogP contribution < -0.4 is 21.1 Å². The van der Waals surface area contributed by atoms with Crippen LogP contribution in [0.25, 0.3) is 0 Å². The number of aromatic nitrogens is 1. The highest BCUT2D eigenvalue weighted by Gasteiger charge is 2.17. The van der Waals surface area contributed by atoms with Crippen molar-refractivity contribution >= 4 is 28.8 Å². The molecule has 1 aromatic carbocycles. The Bertz CT molecular complexity index is 704. The molecule has 1 aromatic heterocycles. The SMILES string of the molecule is CC(C)[C@H](N)C(=O)NCC(=O)Nc1cccc(OCc2cscn2)c1. The van der Waals surface area contributed by atoms with E-state index in [-0.39, 0.29) is 24.3 Å². The molecule has 8 heteroatoms. The van der Waals surface area contributed by atoms with E-state index in [4.69, 9.17) is 10.5 Å². The van der Waals surface area contributed by atoms with E-state index in [9.17, 15) is 9.59 Å². The first-order valence-corrected chi connectivity index (χ1v) is 8.83. The summed E-state index contributed by atoms with van der Waals surface area (Å²) >= 11 is 1.51. The molecule has 0 saturated heterocycles. The third-order valence-electron chi connectivity index (χ3n) is 3.43. The Hall–Kier alpha value is -2.45. The Kier molecular flexibility index (Phi) is 6.91. The van der Waals surface area contributed by atoms with Crippen molar-refractivity contribution in [2.24, 2.45) is 11.7 Å². The molecule has 1 atom stereocenters. The van der Waals surface area contributed by atoms with Gasteiger partial charge in [-0.2, -0.15) is 0 Å². The zero-order chi connectivity index (χ0) is 18.2. The molecule has 0 aliphatic rings. The molecule has 0 spiro atoms. The van der Waals surface area contributed by atoms with Crippen LogP contribution >= 0.6 is 11.3 Å². The number of benzene rings is 1. The maximum Gasteiger partial charge on any atom is 0.243 e. The van der Waals surface area contributed by atoms with E-state index in [2.05, 4.69) is 15.6 Å². The van der Waals surface area contributed by atoms with Crippen molar-refractivity contribution in [3.05, 3.63) is 40.8 Å². The van der Waals surface area contributed by atoms with E-state index in [0.717, 1.165) is 5.69 Å². The van der Waals surface area contributed by atoms with Gasteiger partial charge in [0.1, 0.15) is 12.4 Å². The van der Waals surface area contributed by atoms with E-state index in [1.54, 1.807) is 29.8 Å². The second kappa shape index (κ2) is 9.14. The second-order valence-electron chi connectivity index (χ2n) is 5.83. The molecule has 25 heavy (non-hydrogen) atoms. The number of carbonyl (C=O) groups is 2. The smallest absolute Gasteiger partial charge is 0.243 e. The lowest BCUT2D eigenvalue weighted by molar-refractivity contribution is -0.125. The standard InChI is InChI=1S/C17H22N4O3S/c1-11(2)16(18)17(23)19-7-15(22)21-12-4-3-5-14(6-12)24-8-13-9-25-10-20-13/h3-6,9-11,16H,7-8,18H2,1-2H3,(H,19,23)(H,21,22)/t16-/m0/s1. The summed E-state index contributed by atoms with van der Waals surface area (Å²) in [5.74, 6) is -0.0438. The molecule has 134 valence electrons. The summed E-state index contributed by atoms with van der Waals surface area (Å²) in [5, 5.41) is 7.15. The van der Waals surface area contributed by atoms with Crippen molar-refractivity contribution in [2.75, 3.05) is 11.9 Å². The van der Waals surface area contributed by atoms with Gasteiger partial charge in [0.15, 0.2) is 0 Å². The second-order valence-corrected chi connectivity index (χ2v) is 6.55. The van der Waals surface area contributed by atoms with Crippen LogP contribution in [0.3, 0.4) is 0 Å². The molecule has 2 aromatic rings. The largest absolute Gasteiger partial charge is 0.487 e. The molecule has 2 amide bonds. The number of amides is 2. The molecule has 0 fully saturated rings. The van der Waals surface area contributed by atoms with Crippen LogP contribution in [0, 0.1) is 5.92 Å². The van der Waals surface area contributed by atoms with Gasteiger partial charge in [-0.25, -0.2) is 4.98 Å². The normalized spacial score (nSPS) is 11.8. The number of thiazole rings is 1. The molecule has 0 aliphatic carbocycles. The maximum atomic E-state index is 11.9. The van der Waals surface area contributed by atoms with Crippen LogP contribution in [-0.4, -0.2) is 29.4 Å². The maximum absolute atomic E-state index is 11.9. The molecule has 7 nitrogen and oxygen atoms in total. The van der Waals surface area contributed by atoms with Crippen LogP contribution in [0.4, 0.5) is 5.69 Å². The quantitative estimate of drug-likeness (QED) is 0.663. The molecule has 0 radical (unpaired) electrons. The number of nitrogens with two attached hydrogens (primary N) is 1. The average molecular weight is 362 g/mol. The minimum atomic E-state index is -0.629. The number of hydrogen-bond donors (Lipinski definition) is 3. The van der Waals surface area contributed by atoms with Crippen molar-refractivity contribution < 1.29 is 14.3 Å². The van der Waals surface area contributed by atoms with Gasteiger partial charge in [-0.3, -0.25) is 9.59 Å². The predicted molar refractivity (Wildman–Crippen MR) is 97.3 cm³/mol. The van der Waals surface area contributed by atoms with Gasteiger partial charge in [0.2, 0.25) is 11.8 Å². The van der Waals surface area contributed by atoms with Crippen LogP contribution in [0.15, 0.2) is 35.2 Å². The summed E-state index contributed by atoms with van der Waals surface area (Å²) in [6.45, 7) is 3.93. The highest BCUT2D eigenvalue weighted by Crippen LogP contribution is 2.18. The summed E-state index contributed by atoms with van der Waals surface area (Å²) in [6.07, 6.45) is 0. The van der Waals surface area contributed by atoms with E-state index in [1.807, 2.05) is 19.2 Å². The fourth-order valence-corrected chi connectivity index (χ4v) is 2.47. The van der Waals surface area contributed by atoms with Crippen LogP contribution in [0.1, 0.15) is 19.5 Å². The first-order valence-electron chi connectivity index (χ1n) is 7.89. The monoisotopic (exact) mass is 362 g/mol. The summed E-state index contributed by atoms with van der Waals surface area (Å²) in [5.41, 5.74) is 8.91. The van der Waals surface area contributed by atoms with Gasteiger partial charge in [0.25, 0.3) is 0 Å². The molecule has 0 bridgehead atoms. The molecule has 4 N–H and O–H groups in total. The van der Waals surface area contributed by atoms with Gasteiger partial charge in [0, 0.05) is 17.1 Å². The Labute approximate surface area is 150 Å². The zero-order valence-corrected chi connectivity index (χ0v) is 15.0. The van der Waals surface area contributed by atoms with Gasteiger partial charge in [-0.15, -0.1) is 11.3 Å². The van der Waals surface area contributed by atoms with Gasteiger partial charge in [-0.1, -0.05) is 19.9 Å². The number of hydrogen-bond acceptors (Lipinski definition) is 6. The molecule has 2 rings (SSSR count). The van der Waals surface area contributed by atoms with Crippen LogP contribution in [0.2, 0.25) is 0 Å². The Balaban J connectivity index is 1.82. The topological polar surface area (TPSA) is 106 Å². The van der Waals surface area contributed by atoms with Crippen LogP contribution in [0.5, 0.6) is 5.75 Å². The van der Waals surface area contributed by atoms with Gasteiger partial charge in [-0.05, 0) is 18.1 Å². The number of ether oxygens (including phenoxy) is 1. The van der Waals surface area contributed by atoms with Crippen molar-refractivity contribution in [3.8, 4) is 5.75 Å². The van der Waals surface area contributed by atoms with Crippen molar-refractivity contribution in [1.82, 2.24) is 10.3 Å². The fraction of sp³-hybridized carbons (Fsp3) is 0.353. The third kappa shape index (κ3) is 6.17. The number of nitrogens with one attached hydrogen (secondary N) is 2. The van der Waals surface area contributed by atoms with Crippen molar-refractivity contribution in [3.63, 3.8) is 0 Å². The van der Waals surface area contributed by atoms with Gasteiger partial charge < -0.3 is 21.1 Å². The summed E-state index contributed by atoms with van der Waals surface area (Å²) in [4.78, 5) is 27.8. The third-order valence-corrected chi connectivity index (χ3v) is 4.07. The van der Waals surface area contributed by atoms with E-state index in [0.29, 0.717) is 18.0 Å². The summed E-state index contributed by atoms with van der Waals surface area (Å²) in [7, 11) is 0. The van der Waals surface area contributed by atoms with E-state index in [1.165, 1.54) is 11.3 Å². The average Bonchev–Trinajstić information content (AvgIpc) is 3.11.